The van der Waals surface area contributed by atoms with Gasteiger partial charge in [0.1, 0.15) is 22.3 Å². The Morgan fingerprint density at radius 1 is 1.19 bits per heavy atom. The van der Waals surface area contributed by atoms with Gasteiger partial charge in [0, 0.05) is 12.0 Å². The van der Waals surface area contributed by atoms with E-state index in [2.05, 4.69) is 0 Å². The molecule has 1 atom stereocenters. The number of aliphatic hydroxyl groups excluding tert-OH is 1. The molecule has 0 aliphatic heterocycles. The highest BCUT2D eigenvalue weighted by Crippen LogP contribution is 2.40. The lowest BCUT2D eigenvalue weighted by atomic mass is 10.0. The molecular weight excluding hydrogens is 295 g/mol. The second-order valence-corrected chi connectivity index (χ2v) is 4.93. The zero-order valence-electron chi connectivity index (χ0n) is 11.8. The summed E-state index contributed by atoms with van der Waals surface area (Å²) in [6.45, 7) is 0. The van der Waals surface area contributed by atoms with E-state index in [1.165, 1.54) is 26.4 Å². The maximum absolute atomic E-state index is 13.2. The molecule has 3 nitrogen and oxygen atoms in total. The van der Waals surface area contributed by atoms with Crippen LogP contribution in [0.15, 0.2) is 36.4 Å². The maximum atomic E-state index is 13.2. The SMILES string of the molecule is COc1ccc(C(O)Cc2cccc(F)c2)c(OC)c1Cl. The van der Waals surface area contributed by atoms with Gasteiger partial charge in [-0.15, -0.1) is 0 Å². The standard InChI is InChI=1S/C16H16ClFO3/c1-20-14-7-6-12(16(21-2)15(14)17)13(19)9-10-4-3-5-11(18)8-10/h3-8,13,19H,9H2,1-2H3. The van der Waals surface area contributed by atoms with Crippen LogP contribution in [0.25, 0.3) is 0 Å². The highest BCUT2D eigenvalue weighted by atomic mass is 35.5. The molecule has 2 aromatic carbocycles. The summed E-state index contributed by atoms with van der Waals surface area (Å²) in [4.78, 5) is 0. The van der Waals surface area contributed by atoms with Crippen molar-refractivity contribution in [1.82, 2.24) is 0 Å². The minimum absolute atomic E-state index is 0.261. The van der Waals surface area contributed by atoms with Gasteiger partial charge in [-0.05, 0) is 29.8 Å². The van der Waals surface area contributed by atoms with Gasteiger partial charge in [0.2, 0.25) is 0 Å². The van der Waals surface area contributed by atoms with E-state index >= 15 is 0 Å². The molecule has 2 aromatic rings. The number of hydrogen-bond acceptors (Lipinski definition) is 3. The van der Waals surface area contributed by atoms with Crippen molar-refractivity contribution in [2.24, 2.45) is 0 Å². The van der Waals surface area contributed by atoms with Gasteiger partial charge >= 0.3 is 0 Å². The van der Waals surface area contributed by atoms with Crippen molar-refractivity contribution >= 4 is 11.6 Å². The predicted octanol–water partition coefficient (Wildman–Crippen LogP) is 3.77. The lowest BCUT2D eigenvalue weighted by molar-refractivity contribution is 0.174. The number of ether oxygens (including phenoxy) is 2. The van der Waals surface area contributed by atoms with Crippen molar-refractivity contribution in [3.8, 4) is 11.5 Å². The summed E-state index contributed by atoms with van der Waals surface area (Å²) in [5.74, 6) is 0.495. The van der Waals surface area contributed by atoms with Crippen LogP contribution in [-0.4, -0.2) is 19.3 Å². The highest BCUT2D eigenvalue weighted by Gasteiger charge is 2.19. The Kier molecular flexibility index (Phi) is 5.04. The number of benzene rings is 2. The lowest BCUT2D eigenvalue weighted by Gasteiger charge is -2.17. The number of halogens is 2. The molecule has 0 aliphatic carbocycles. The van der Waals surface area contributed by atoms with Gasteiger partial charge in [0.15, 0.2) is 0 Å². The zero-order chi connectivity index (χ0) is 15.4. The first-order valence-corrected chi connectivity index (χ1v) is 6.77. The number of methoxy groups -OCH3 is 2. The van der Waals surface area contributed by atoms with Crippen LogP contribution < -0.4 is 9.47 Å². The molecule has 0 saturated carbocycles. The van der Waals surface area contributed by atoms with Crippen molar-refractivity contribution in [3.63, 3.8) is 0 Å². The van der Waals surface area contributed by atoms with E-state index in [4.69, 9.17) is 21.1 Å². The van der Waals surface area contributed by atoms with Crippen LogP contribution in [0.5, 0.6) is 11.5 Å². The van der Waals surface area contributed by atoms with Gasteiger partial charge in [-0.1, -0.05) is 23.7 Å². The van der Waals surface area contributed by atoms with Crippen molar-refractivity contribution < 1.29 is 19.0 Å². The smallest absolute Gasteiger partial charge is 0.147 e. The van der Waals surface area contributed by atoms with Crippen LogP contribution >= 0.6 is 11.6 Å². The number of rotatable bonds is 5. The molecule has 0 spiro atoms. The molecule has 0 aliphatic rings. The molecule has 0 fully saturated rings. The molecule has 0 heterocycles. The first kappa shape index (κ1) is 15.6. The third-order valence-corrected chi connectivity index (χ3v) is 3.55. The topological polar surface area (TPSA) is 38.7 Å². The van der Waals surface area contributed by atoms with E-state index in [0.717, 1.165) is 0 Å². The first-order chi connectivity index (χ1) is 10.1. The molecule has 0 aromatic heterocycles. The van der Waals surface area contributed by atoms with Gasteiger partial charge in [-0.2, -0.15) is 0 Å². The van der Waals surface area contributed by atoms with Crippen molar-refractivity contribution in [3.05, 3.63) is 58.4 Å². The number of aliphatic hydroxyl groups is 1. The second kappa shape index (κ2) is 6.78. The fourth-order valence-corrected chi connectivity index (χ4v) is 2.50. The summed E-state index contributed by atoms with van der Waals surface area (Å²) in [6, 6.07) is 9.46. The van der Waals surface area contributed by atoms with Crippen molar-refractivity contribution in [2.45, 2.75) is 12.5 Å². The van der Waals surface area contributed by atoms with E-state index < -0.39 is 6.10 Å². The number of hydrogen-bond donors (Lipinski definition) is 1. The Labute approximate surface area is 127 Å². The second-order valence-electron chi connectivity index (χ2n) is 4.55. The normalized spacial score (nSPS) is 12.0. The molecule has 0 amide bonds. The van der Waals surface area contributed by atoms with Crippen LogP contribution in [0.2, 0.25) is 5.02 Å². The molecule has 21 heavy (non-hydrogen) atoms. The van der Waals surface area contributed by atoms with Gasteiger partial charge in [0.25, 0.3) is 0 Å². The van der Waals surface area contributed by atoms with Gasteiger partial charge in [0.05, 0.1) is 20.3 Å². The quantitative estimate of drug-likeness (QED) is 0.913. The van der Waals surface area contributed by atoms with E-state index in [1.807, 2.05) is 0 Å². The fraction of sp³-hybridized carbons (Fsp3) is 0.250. The third kappa shape index (κ3) is 3.46. The summed E-state index contributed by atoms with van der Waals surface area (Å²) < 4.78 is 23.6. The van der Waals surface area contributed by atoms with Crippen LogP contribution in [0.1, 0.15) is 17.2 Å². The van der Waals surface area contributed by atoms with E-state index in [0.29, 0.717) is 27.6 Å². The van der Waals surface area contributed by atoms with E-state index in [-0.39, 0.29) is 12.2 Å². The highest BCUT2D eigenvalue weighted by molar-refractivity contribution is 6.33. The Morgan fingerprint density at radius 2 is 1.95 bits per heavy atom. The molecule has 0 saturated heterocycles. The Hall–Kier alpha value is -1.78. The van der Waals surface area contributed by atoms with Gasteiger partial charge in [-0.25, -0.2) is 4.39 Å². The average molecular weight is 311 g/mol. The fourth-order valence-electron chi connectivity index (χ4n) is 2.18. The maximum Gasteiger partial charge on any atom is 0.147 e. The van der Waals surface area contributed by atoms with Crippen LogP contribution in [-0.2, 0) is 6.42 Å². The zero-order valence-corrected chi connectivity index (χ0v) is 12.5. The Morgan fingerprint density at radius 3 is 2.57 bits per heavy atom. The molecular formula is C16H16ClFO3. The van der Waals surface area contributed by atoms with E-state index in [1.54, 1.807) is 24.3 Å². The minimum atomic E-state index is -0.856. The molecule has 0 radical (unpaired) electrons. The molecule has 1 N–H and O–H groups in total. The molecule has 2 rings (SSSR count). The predicted molar refractivity (Wildman–Crippen MR) is 79.6 cm³/mol. The largest absolute Gasteiger partial charge is 0.495 e. The third-order valence-electron chi connectivity index (χ3n) is 3.19. The monoisotopic (exact) mass is 310 g/mol. The summed E-state index contributed by atoms with van der Waals surface area (Å²) in [5.41, 5.74) is 1.23. The van der Waals surface area contributed by atoms with Crippen LogP contribution in [0, 0.1) is 5.82 Å². The molecule has 5 heteroatoms. The van der Waals surface area contributed by atoms with E-state index in [9.17, 15) is 9.50 Å². The van der Waals surface area contributed by atoms with Crippen molar-refractivity contribution in [2.75, 3.05) is 14.2 Å². The summed E-state index contributed by atoms with van der Waals surface area (Å²) in [5, 5.41) is 10.7. The average Bonchev–Trinajstić information content (AvgIpc) is 2.46. The summed E-state index contributed by atoms with van der Waals surface area (Å²) in [7, 11) is 2.97. The Balaban J connectivity index is 2.30. The van der Waals surface area contributed by atoms with Gasteiger partial charge < -0.3 is 14.6 Å². The minimum Gasteiger partial charge on any atom is -0.495 e. The van der Waals surface area contributed by atoms with Gasteiger partial charge in [-0.3, -0.25) is 0 Å². The van der Waals surface area contributed by atoms with Crippen LogP contribution in [0.4, 0.5) is 4.39 Å². The lowest BCUT2D eigenvalue weighted by Crippen LogP contribution is -2.05. The summed E-state index contributed by atoms with van der Waals surface area (Å²) in [6.07, 6.45) is -0.596. The molecule has 0 bridgehead atoms. The van der Waals surface area contributed by atoms with Crippen LogP contribution in [0.3, 0.4) is 0 Å². The van der Waals surface area contributed by atoms with Crippen molar-refractivity contribution in [1.29, 1.82) is 0 Å². The Bertz CT molecular complexity index is 631. The summed E-state index contributed by atoms with van der Waals surface area (Å²) >= 11 is 6.17. The molecule has 1 unspecified atom stereocenters. The first-order valence-electron chi connectivity index (χ1n) is 6.39. The molecule has 112 valence electrons.